The molecule has 0 radical (unpaired) electrons. The van der Waals surface area contributed by atoms with E-state index >= 15 is 4.39 Å². The molecule has 1 atom stereocenters. The maximum Gasteiger partial charge on any atom is 0.337 e. The third-order valence-electron chi connectivity index (χ3n) is 10.2. The van der Waals surface area contributed by atoms with E-state index in [1.54, 1.807) is 6.92 Å². The molecule has 3 aliphatic heterocycles. The van der Waals surface area contributed by atoms with Gasteiger partial charge in [0.2, 0.25) is 0 Å². The number of nitrogens with zero attached hydrogens (tertiary/aromatic N) is 7. The van der Waals surface area contributed by atoms with E-state index in [0.717, 1.165) is 83.1 Å². The second kappa shape index (κ2) is 14.1. The van der Waals surface area contributed by atoms with Gasteiger partial charge in [0.1, 0.15) is 11.3 Å². The van der Waals surface area contributed by atoms with Crippen LogP contribution < -0.4 is 9.64 Å². The van der Waals surface area contributed by atoms with E-state index in [4.69, 9.17) is 23.6 Å². The molecule has 3 aromatic heterocycles. The van der Waals surface area contributed by atoms with Gasteiger partial charge in [0, 0.05) is 87.2 Å². The summed E-state index contributed by atoms with van der Waals surface area (Å²) >= 11 is 0. The van der Waals surface area contributed by atoms with Crippen LogP contribution in [0.3, 0.4) is 0 Å². The topological polar surface area (TPSA) is 131 Å². The summed E-state index contributed by atoms with van der Waals surface area (Å²) < 4.78 is 41.4. The van der Waals surface area contributed by atoms with Crippen LogP contribution in [-0.4, -0.2) is 118 Å². The zero-order chi connectivity index (χ0) is 36.0. The van der Waals surface area contributed by atoms with Gasteiger partial charge in [-0.3, -0.25) is 9.80 Å². The van der Waals surface area contributed by atoms with E-state index in [1.165, 1.54) is 6.07 Å². The number of aliphatic carboxylic acids is 1. The number of carboxylic acids is 1. The number of ether oxygens (including phenoxy) is 3. The van der Waals surface area contributed by atoms with Crippen molar-refractivity contribution in [3.63, 3.8) is 0 Å². The Labute approximate surface area is 297 Å². The van der Waals surface area contributed by atoms with Gasteiger partial charge in [-0.2, -0.15) is 0 Å². The molecule has 4 aromatic rings. The number of hydrogen-bond acceptors (Lipinski definition) is 11. The van der Waals surface area contributed by atoms with Gasteiger partial charge < -0.3 is 33.2 Å². The SMILES string of the molecule is Cc1nc2c(cc(-c3nnc(N4CCN(CCN5CCOCC5)CC4)o3)n2C)c(-c2cc(F)c3c(c2C)CCCO3)c1[C@H](OC(C)(C)C)C(=O)O. The number of aromatic nitrogens is 4. The van der Waals surface area contributed by atoms with Crippen molar-refractivity contribution in [3.05, 3.63) is 40.3 Å². The van der Waals surface area contributed by atoms with Crippen molar-refractivity contribution in [1.29, 1.82) is 0 Å². The zero-order valence-electron chi connectivity index (χ0n) is 30.4. The fraction of sp³-hybridized carbons (Fsp3) is 0.568. The fourth-order valence-corrected chi connectivity index (χ4v) is 7.49. The van der Waals surface area contributed by atoms with Crippen molar-refractivity contribution in [3.8, 4) is 28.5 Å². The first kappa shape index (κ1) is 35.3. The molecular weight excluding hydrogens is 657 g/mol. The lowest BCUT2D eigenvalue weighted by Gasteiger charge is -2.35. The maximum atomic E-state index is 15.8. The van der Waals surface area contributed by atoms with Gasteiger partial charge in [-0.25, -0.2) is 14.2 Å². The van der Waals surface area contributed by atoms with Gasteiger partial charge >= 0.3 is 12.0 Å². The summed E-state index contributed by atoms with van der Waals surface area (Å²) in [4.78, 5) is 24.9. The highest BCUT2D eigenvalue weighted by atomic mass is 19.1. The largest absolute Gasteiger partial charge is 0.490 e. The normalized spacial score (nSPS) is 18.2. The number of pyridine rings is 1. The molecule has 14 heteroatoms. The Morgan fingerprint density at radius 2 is 1.73 bits per heavy atom. The molecule has 1 aromatic carbocycles. The van der Waals surface area contributed by atoms with Gasteiger partial charge in [-0.1, -0.05) is 5.10 Å². The number of fused-ring (bicyclic) bond motifs is 2. The van der Waals surface area contributed by atoms with Crippen molar-refractivity contribution < 1.29 is 32.9 Å². The summed E-state index contributed by atoms with van der Waals surface area (Å²) in [5.41, 5.74) is 3.97. The van der Waals surface area contributed by atoms with E-state index in [2.05, 4.69) is 24.9 Å². The smallest absolute Gasteiger partial charge is 0.337 e. The number of carbonyl (C=O) groups is 1. The van der Waals surface area contributed by atoms with Crippen molar-refractivity contribution in [1.82, 2.24) is 29.5 Å². The molecule has 2 fully saturated rings. The quantitative estimate of drug-likeness (QED) is 0.258. The minimum atomic E-state index is -1.36. The zero-order valence-corrected chi connectivity index (χ0v) is 30.4. The number of halogens is 1. The van der Waals surface area contributed by atoms with Crippen LogP contribution in [0.5, 0.6) is 5.75 Å². The number of carboxylic acid groups (broad SMARTS) is 1. The Bertz CT molecular complexity index is 1920. The number of morpholine rings is 1. The molecule has 274 valence electrons. The first-order valence-electron chi connectivity index (χ1n) is 17.9. The molecule has 3 aliphatic rings. The van der Waals surface area contributed by atoms with Crippen molar-refractivity contribution in [2.24, 2.45) is 7.05 Å². The molecule has 6 heterocycles. The molecule has 2 saturated heterocycles. The van der Waals surface area contributed by atoms with Gasteiger partial charge in [-0.05, 0) is 70.7 Å². The number of anilines is 1. The van der Waals surface area contributed by atoms with Gasteiger partial charge in [0.15, 0.2) is 17.7 Å². The fourth-order valence-electron chi connectivity index (χ4n) is 7.49. The predicted molar refractivity (Wildman–Crippen MR) is 190 cm³/mol. The summed E-state index contributed by atoms with van der Waals surface area (Å²) in [6.45, 7) is 18.5. The molecular formula is C37H48FN7O6. The van der Waals surface area contributed by atoms with Crippen molar-refractivity contribution >= 4 is 23.0 Å². The van der Waals surface area contributed by atoms with Crippen LogP contribution in [0.15, 0.2) is 16.5 Å². The van der Waals surface area contributed by atoms with Gasteiger partial charge in [0.25, 0.3) is 5.89 Å². The van der Waals surface area contributed by atoms with Crippen LogP contribution >= 0.6 is 0 Å². The van der Waals surface area contributed by atoms with E-state index in [-0.39, 0.29) is 5.75 Å². The van der Waals surface area contributed by atoms with Gasteiger partial charge in [0.05, 0.1) is 25.4 Å². The molecule has 1 N–H and O–H groups in total. The van der Waals surface area contributed by atoms with Crippen molar-refractivity contribution in [2.75, 3.05) is 77.1 Å². The molecule has 51 heavy (non-hydrogen) atoms. The summed E-state index contributed by atoms with van der Waals surface area (Å²) in [6.07, 6.45) is 0.0535. The second-order valence-electron chi connectivity index (χ2n) is 14.7. The summed E-state index contributed by atoms with van der Waals surface area (Å²) in [5.74, 6) is -1.07. The molecule has 0 saturated carbocycles. The molecule has 0 amide bonds. The summed E-state index contributed by atoms with van der Waals surface area (Å²) in [5, 5.41) is 20.0. The van der Waals surface area contributed by atoms with E-state index in [1.807, 2.05) is 45.4 Å². The number of benzene rings is 1. The lowest BCUT2D eigenvalue weighted by atomic mass is 9.86. The number of aryl methyl sites for hydroxylation is 2. The Kier molecular flexibility index (Phi) is 9.78. The number of piperazine rings is 1. The van der Waals surface area contributed by atoms with Gasteiger partial charge in [-0.15, -0.1) is 5.10 Å². The standard InChI is InChI=1S/C37H48FN7O6/c1-22-24-8-7-17-49-31(24)27(38)20-25(22)30-26-21-28(42(6)33(26)39-23(2)29(30)32(35(46)47)51-37(3,4)5)34-40-41-36(50-34)45-13-11-43(12-14-45)9-10-44-15-18-48-19-16-44/h20-21,32H,7-19H2,1-6H3,(H,46,47)/t32-/m0/s1. The molecule has 7 rings (SSSR count). The van der Waals surface area contributed by atoms with Crippen LogP contribution in [-0.2, 0) is 27.7 Å². The molecule has 0 unspecified atom stereocenters. The average molecular weight is 706 g/mol. The first-order chi connectivity index (χ1) is 24.4. The second-order valence-corrected chi connectivity index (χ2v) is 14.7. The molecule has 0 spiro atoms. The maximum absolute atomic E-state index is 15.8. The molecule has 0 aliphatic carbocycles. The highest BCUT2D eigenvalue weighted by Gasteiger charge is 2.35. The van der Waals surface area contributed by atoms with Crippen LogP contribution in [0.4, 0.5) is 10.4 Å². The first-order valence-corrected chi connectivity index (χ1v) is 17.9. The number of hydrogen-bond donors (Lipinski definition) is 1. The Morgan fingerprint density at radius 1 is 1.02 bits per heavy atom. The minimum Gasteiger partial charge on any atom is -0.490 e. The lowest BCUT2D eigenvalue weighted by molar-refractivity contribution is -0.160. The van der Waals surface area contributed by atoms with Crippen LogP contribution in [0.1, 0.15) is 55.7 Å². The lowest BCUT2D eigenvalue weighted by Crippen LogP contribution is -2.49. The van der Waals surface area contributed by atoms with E-state index in [9.17, 15) is 9.90 Å². The Balaban J connectivity index is 1.26. The van der Waals surface area contributed by atoms with Crippen LogP contribution in [0, 0.1) is 19.7 Å². The highest BCUT2D eigenvalue weighted by molar-refractivity contribution is 6.01. The third-order valence-corrected chi connectivity index (χ3v) is 10.2. The number of rotatable bonds is 9. The average Bonchev–Trinajstić information content (AvgIpc) is 3.72. The van der Waals surface area contributed by atoms with E-state index < -0.39 is 23.5 Å². The Morgan fingerprint density at radius 3 is 2.41 bits per heavy atom. The summed E-state index contributed by atoms with van der Waals surface area (Å²) in [6, 6.07) is 3.78. The monoisotopic (exact) mass is 705 g/mol. The minimum absolute atomic E-state index is 0.261. The summed E-state index contributed by atoms with van der Waals surface area (Å²) in [7, 11) is 1.86. The predicted octanol–water partition coefficient (Wildman–Crippen LogP) is 4.77. The highest BCUT2D eigenvalue weighted by Crippen LogP contribution is 2.45. The Hall–Kier alpha value is -4.11. The van der Waals surface area contributed by atoms with Crippen LogP contribution in [0.2, 0.25) is 0 Å². The van der Waals surface area contributed by atoms with Crippen LogP contribution in [0.25, 0.3) is 33.7 Å². The third kappa shape index (κ3) is 7.06. The molecule has 0 bridgehead atoms. The van der Waals surface area contributed by atoms with E-state index in [0.29, 0.717) is 64.0 Å². The van der Waals surface area contributed by atoms with Crippen molar-refractivity contribution in [2.45, 2.75) is 59.2 Å². The molecule has 13 nitrogen and oxygen atoms in total.